The van der Waals surface area contributed by atoms with Crippen LogP contribution < -0.4 is 0 Å². The zero-order chi connectivity index (χ0) is 14.4. The highest BCUT2D eigenvalue weighted by Gasteiger charge is 2.69. The average Bonchev–Trinajstić information content (AvgIpc) is 2.33. The molecule has 0 spiro atoms. The van der Waals surface area contributed by atoms with Crippen LogP contribution in [-0.2, 0) is 9.53 Å². The first kappa shape index (κ1) is 13.9. The Morgan fingerprint density at radius 2 is 2.05 bits per heavy atom. The summed E-state index contributed by atoms with van der Waals surface area (Å²) in [5.74, 6) is 0.366. The number of allylic oxidation sites excluding steroid dienone is 3. The van der Waals surface area contributed by atoms with Crippen molar-refractivity contribution in [2.24, 2.45) is 16.7 Å². The lowest BCUT2D eigenvalue weighted by molar-refractivity contribution is -0.224. The second kappa shape index (κ2) is 4.75. The van der Waals surface area contributed by atoms with Crippen LogP contribution in [0.1, 0.15) is 59.3 Å². The van der Waals surface area contributed by atoms with E-state index in [1.54, 1.807) is 0 Å². The van der Waals surface area contributed by atoms with Crippen molar-refractivity contribution in [1.29, 1.82) is 0 Å². The number of ether oxygens (including phenoxy) is 1. The van der Waals surface area contributed by atoms with Gasteiger partial charge < -0.3 is 4.74 Å². The quantitative estimate of drug-likeness (QED) is 0.548. The Bertz CT molecular complexity index is 464. The maximum Gasteiger partial charge on any atom is 0.334 e. The van der Waals surface area contributed by atoms with E-state index in [4.69, 9.17) is 4.74 Å². The van der Waals surface area contributed by atoms with Gasteiger partial charge in [-0.1, -0.05) is 31.1 Å². The molecule has 0 amide bonds. The van der Waals surface area contributed by atoms with Gasteiger partial charge in [-0.25, -0.2) is 4.79 Å². The summed E-state index contributed by atoms with van der Waals surface area (Å²) in [5.41, 5.74) is 3.48. The lowest BCUT2D eigenvalue weighted by Crippen LogP contribution is -2.64. The van der Waals surface area contributed by atoms with Crippen molar-refractivity contribution in [3.05, 3.63) is 23.3 Å². The van der Waals surface area contributed by atoms with Gasteiger partial charge in [0.2, 0.25) is 0 Å². The second-order valence-corrected chi connectivity index (χ2v) is 7.19. The topological polar surface area (TPSA) is 26.3 Å². The first-order valence-corrected chi connectivity index (χ1v) is 8.09. The highest BCUT2D eigenvalue weighted by Crippen LogP contribution is 2.78. The molecule has 2 heteroatoms. The van der Waals surface area contributed by atoms with Crippen molar-refractivity contribution in [1.82, 2.24) is 0 Å². The van der Waals surface area contributed by atoms with Gasteiger partial charge in [-0.05, 0) is 56.8 Å². The van der Waals surface area contributed by atoms with Gasteiger partial charge in [-0.2, -0.15) is 0 Å². The minimum absolute atomic E-state index is 0.115. The maximum atomic E-state index is 11.9. The van der Waals surface area contributed by atoms with Crippen LogP contribution in [0.25, 0.3) is 0 Å². The Balaban J connectivity index is 1.72. The first-order chi connectivity index (χ1) is 9.54. The number of carbonyl (C=O) groups excluding carboxylic acids is 1. The smallest absolute Gasteiger partial charge is 0.334 e. The third-order valence-corrected chi connectivity index (χ3v) is 5.66. The van der Waals surface area contributed by atoms with Crippen molar-refractivity contribution in [2.45, 2.75) is 59.3 Å². The molecule has 0 saturated heterocycles. The minimum Gasteiger partial charge on any atom is -0.463 e. The molecule has 2 bridgehead atoms. The van der Waals surface area contributed by atoms with E-state index in [-0.39, 0.29) is 5.97 Å². The average molecular weight is 274 g/mol. The third kappa shape index (κ3) is 1.96. The van der Waals surface area contributed by atoms with E-state index in [0.717, 1.165) is 12.0 Å². The molecule has 0 aromatic rings. The number of carbonyl (C=O) groups is 1. The predicted molar refractivity (Wildman–Crippen MR) is 80.2 cm³/mol. The van der Waals surface area contributed by atoms with Gasteiger partial charge in [0.15, 0.2) is 0 Å². The molecule has 0 aliphatic heterocycles. The summed E-state index contributed by atoms with van der Waals surface area (Å²) >= 11 is 0. The van der Waals surface area contributed by atoms with Crippen molar-refractivity contribution < 1.29 is 9.53 Å². The van der Waals surface area contributed by atoms with Gasteiger partial charge in [-0.3, -0.25) is 0 Å². The monoisotopic (exact) mass is 274 g/mol. The van der Waals surface area contributed by atoms with E-state index < -0.39 is 0 Å². The highest BCUT2D eigenvalue weighted by molar-refractivity contribution is 5.89. The van der Waals surface area contributed by atoms with E-state index in [9.17, 15) is 4.79 Å². The Kier molecular flexibility index (Phi) is 3.30. The molecular formula is C18H26O2. The SMILES string of the molecule is CCCC12CC(C3C=C(C(=O)OCC)CC=C3C)(C1)C2. The Labute approximate surface area is 122 Å². The van der Waals surface area contributed by atoms with Crippen LogP contribution in [-0.4, -0.2) is 12.6 Å². The normalized spacial score (nSPS) is 38.2. The van der Waals surface area contributed by atoms with E-state index in [1.807, 2.05) is 6.92 Å². The minimum atomic E-state index is -0.115. The van der Waals surface area contributed by atoms with Crippen LogP contribution in [0, 0.1) is 16.7 Å². The molecule has 3 fully saturated rings. The second-order valence-electron chi connectivity index (χ2n) is 7.19. The summed E-state index contributed by atoms with van der Waals surface area (Å²) in [7, 11) is 0. The van der Waals surface area contributed by atoms with E-state index in [0.29, 0.717) is 23.4 Å². The Hall–Kier alpha value is -1.05. The Morgan fingerprint density at radius 1 is 1.35 bits per heavy atom. The standard InChI is InChI=1S/C18H26O2/c1-4-8-17-10-18(11-17,12-17)15-9-14(7-6-13(15)3)16(19)20-5-2/h6,9,15H,4-5,7-8,10-12H2,1-3H3. The van der Waals surface area contributed by atoms with Gasteiger partial charge in [-0.15, -0.1) is 0 Å². The summed E-state index contributed by atoms with van der Waals surface area (Å²) in [4.78, 5) is 11.9. The molecule has 0 radical (unpaired) electrons. The number of hydrogen-bond acceptors (Lipinski definition) is 2. The molecule has 4 aliphatic rings. The zero-order valence-electron chi connectivity index (χ0n) is 13.0. The fourth-order valence-electron chi connectivity index (χ4n) is 5.04. The van der Waals surface area contributed by atoms with E-state index in [1.165, 1.54) is 37.7 Å². The predicted octanol–water partition coefficient (Wildman–Crippen LogP) is 4.41. The Morgan fingerprint density at radius 3 is 2.65 bits per heavy atom. The molecule has 4 rings (SSSR count). The molecule has 110 valence electrons. The number of esters is 1. The molecular weight excluding hydrogens is 248 g/mol. The summed E-state index contributed by atoms with van der Waals surface area (Å²) in [6.07, 6.45) is 12.0. The lowest BCUT2D eigenvalue weighted by atomic mass is 9.30. The molecule has 0 N–H and O–H groups in total. The number of hydrogen-bond donors (Lipinski definition) is 0. The van der Waals surface area contributed by atoms with Crippen LogP contribution in [0.2, 0.25) is 0 Å². The van der Waals surface area contributed by atoms with Crippen LogP contribution in [0.4, 0.5) is 0 Å². The van der Waals surface area contributed by atoms with Crippen molar-refractivity contribution in [3.63, 3.8) is 0 Å². The molecule has 0 aromatic heterocycles. The van der Waals surface area contributed by atoms with E-state index >= 15 is 0 Å². The summed E-state index contributed by atoms with van der Waals surface area (Å²) < 4.78 is 5.16. The molecule has 2 nitrogen and oxygen atoms in total. The van der Waals surface area contributed by atoms with Crippen LogP contribution >= 0.6 is 0 Å². The molecule has 0 aromatic carbocycles. The van der Waals surface area contributed by atoms with Gasteiger partial charge in [0.1, 0.15) is 0 Å². The van der Waals surface area contributed by atoms with Gasteiger partial charge in [0.25, 0.3) is 0 Å². The largest absolute Gasteiger partial charge is 0.463 e. The molecule has 1 unspecified atom stereocenters. The van der Waals surface area contributed by atoms with Crippen molar-refractivity contribution in [2.75, 3.05) is 6.61 Å². The first-order valence-electron chi connectivity index (χ1n) is 8.09. The molecule has 1 atom stereocenters. The summed E-state index contributed by atoms with van der Waals surface area (Å²) in [6, 6.07) is 0. The van der Waals surface area contributed by atoms with Crippen molar-refractivity contribution >= 4 is 5.97 Å². The van der Waals surface area contributed by atoms with Crippen molar-refractivity contribution in [3.8, 4) is 0 Å². The summed E-state index contributed by atoms with van der Waals surface area (Å²) in [5, 5.41) is 0. The molecule has 0 heterocycles. The van der Waals surface area contributed by atoms with Crippen LogP contribution in [0.5, 0.6) is 0 Å². The summed E-state index contributed by atoms with van der Waals surface area (Å²) in [6.45, 7) is 6.86. The molecule has 3 saturated carbocycles. The van der Waals surface area contributed by atoms with Crippen LogP contribution in [0.3, 0.4) is 0 Å². The fourth-order valence-corrected chi connectivity index (χ4v) is 5.04. The number of rotatable bonds is 5. The highest BCUT2D eigenvalue weighted by atomic mass is 16.5. The lowest BCUT2D eigenvalue weighted by Gasteiger charge is -2.74. The van der Waals surface area contributed by atoms with E-state index in [2.05, 4.69) is 26.0 Å². The fraction of sp³-hybridized carbons (Fsp3) is 0.722. The zero-order valence-corrected chi connectivity index (χ0v) is 13.0. The van der Waals surface area contributed by atoms with Crippen LogP contribution in [0.15, 0.2) is 23.3 Å². The molecule has 4 aliphatic carbocycles. The molecule has 20 heavy (non-hydrogen) atoms. The maximum absolute atomic E-state index is 11.9. The third-order valence-electron chi connectivity index (χ3n) is 5.66. The van der Waals surface area contributed by atoms with Gasteiger partial charge in [0.05, 0.1) is 6.61 Å². The van der Waals surface area contributed by atoms with Gasteiger partial charge in [0, 0.05) is 11.5 Å². The van der Waals surface area contributed by atoms with Gasteiger partial charge >= 0.3 is 5.97 Å².